The van der Waals surface area contributed by atoms with Gasteiger partial charge >= 0.3 is 0 Å². The van der Waals surface area contributed by atoms with Crippen molar-refractivity contribution >= 4 is 45.9 Å². The van der Waals surface area contributed by atoms with Gasteiger partial charge in [0.25, 0.3) is 11.5 Å². The predicted molar refractivity (Wildman–Crippen MR) is 155 cm³/mol. The van der Waals surface area contributed by atoms with Crippen molar-refractivity contribution in [3.63, 3.8) is 0 Å². The van der Waals surface area contributed by atoms with Crippen LogP contribution in [-0.2, 0) is 9.53 Å². The maximum absolute atomic E-state index is 13.1. The van der Waals surface area contributed by atoms with Crippen LogP contribution in [0.25, 0.3) is 10.9 Å². The SMILES string of the molecule is CCCC1CN(c2ncc(Cl)c(Nc3ccc4c(c3)cc(OCC(=O)NC)c(=O)n4C(C)C)n2)C[C@@H](CC)O1. The van der Waals surface area contributed by atoms with Crippen LogP contribution in [-0.4, -0.2) is 59.4 Å². The highest BCUT2D eigenvalue weighted by atomic mass is 35.5. The first kappa shape index (κ1) is 28.6. The Bertz CT molecular complexity index is 1380. The summed E-state index contributed by atoms with van der Waals surface area (Å²) in [5.74, 6) is 0.880. The number of pyridine rings is 1. The van der Waals surface area contributed by atoms with E-state index >= 15 is 0 Å². The molecule has 1 aliphatic rings. The summed E-state index contributed by atoms with van der Waals surface area (Å²) in [6.45, 7) is 9.35. The summed E-state index contributed by atoms with van der Waals surface area (Å²) in [6, 6.07) is 7.20. The van der Waals surface area contributed by atoms with Gasteiger partial charge in [0.1, 0.15) is 5.02 Å². The fourth-order valence-electron chi connectivity index (χ4n) is 4.76. The van der Waals surface area contributed by atoms with Crippen molar-refractivity contribution < 1.29 is 14.3 Å². The smallest absolute Gasteiger partial charge is 0.293 e. The number of carbonyl (C=O) groups is 1. The average molecular weight is 557 g/mol. The summed E-state index contributed by atoms with van der Waals surface area (Å²) in [5.41, 5.74) is 1.20. The molecule has 3 heterocycles. The van der Waals surface area contributed by atoms with Crippen LogP contribution in [0.1, 0.15) is 53.0 Å². The molecule has 2 aromatic heterocycles. The Balaban J connectivity index is 1.65. The van der Waals surface area contributed by atoms with Crippen molar-refractivity contribution in [3.8, 4) is 5.75 Å². The molecule has 1 aliphatic heterocycles. The van der Waals surface area contributed by atoms with E-state index in [0.29, 0.717) is 16.8 Å². The molecular weight excluding hydrogens is 520 g/mol. The monoisotopic (exact) mass is 556 g/mol. The van der Waals surface area contributed by atoms with Gasteiger partial charge in [-0.2, -0.15) is 4.98 Å². The molecule has 210 valence electrons. The van der Waals surface area contributed by atoms with Gasteiger partial charge in [0, 0.05) is 37.3 Å². The summed E-state index contributed by atoms with van der Waals surface area (Å²) >= 11 is 6.50. The number of carbonyl (C=O) groups excluding carboxylic acids is 1. The standard InChI is InChI=1S/C28H37ClN6O4/c1-6-8-21-15-34(14-20(7-2)39-21)28-31-13-22(29)26(33-28)32-19-9-10-23-18(11-19)12-24(38-16-25(36)30-5)27(37)35(23)17(3)4/h9-13,17,20-21H,6-8,14-16H2,1-5H3,(H,30,36)(H,31,32,33)/t20-,21?/m1/s1. The van der Waals surface area contributed by atoms with E-state index in [2.05, 4.69) is 34.4 Å². The summed E-state index contributed by atoms with van der Waals surface area (Å²) in [6.07, 6.45) is 4.84. The van der Waals surface area contributed by atoms with E-state index in [9.17, 15) is 9.59 Å². The molecule has 1 fully saturated rings. The third kappa shape index (κ3) is 6.62. The molecule has 11 heteroatoms. The maximum atomic E-state index is 13.1. The van der Waals surface area contributed by atoms with Gasteiger partial charge in [-0.05, 0) is 51.0 Å². The zero-order valence-corrected chi connectivity index (χ0v) is 23.9. The number of nitrogens with one attached hydrogen (secondary N) is 2. The molecule has 0 radical (unpaired) electrons. The highest BCUT2D eigenvalue weighted by molar-refractivity contribution is 6.32. The van der Waals surface area contributed by atoms with Crippen molar-refractivity contribution in [2.45, 2.75) is 65.2 Å². The predicted octanol–water partition coefficient (Wildman–Crippen LogP) is 4.68. The van der Waals surface area contributed by atoms with Crippen LogP contribution in [0.4, 0.5) is 17.5 Å². The zero-order chi connectivity index (χ0) is 28.1. The number of halogens is 1. The van der Waals surface area contributed by atoms with E-state index < -0.39 is 0 Å². The van der Waals surface area contributed by atoms with Crippen LogP contribution in [0.15, 0.2) is 35.3 Å². The number of nitrogens with zero attached hydrogens (tertiary/aromatic N) is 4. The molecule has 2 atom stereocenters. The fraction of sp³-hybridized carbons (Fsp3) is 0.500. The number of benzene rings is 1. The number of hydrogen-bond acceptors (Lipinski definition) is 8. The minimum atomic E-state index is -0.318. The number of ether oxygens (including phenoxy) is 2. The van der Waals surface area contributed by atoms with E-state index in [1.54, 1.807) is 16.8 Å². The van der Waals surface area contributed by atoms with E-state index in [1.165, 1.54) is 7.05 Å². The number of morpholine rings is 1. The van der Waals surface area contributed by atoms with Crippen LogP contribution in [0, 0.1) is 0 Å². The van der Waals surface area contributed by atoms with Gasteiger partial charge in [-0.25, -0.2) is 4.98 Å². The Morgan fingerprint density at radius 3 is 2.69 bits per heavy atom. The second-order valence-electron chi connectivity index (χ2n) is 9.99. The molecule has 1 amide bonds. The Labute approximate surface area is 233 Å². The van der Waals surface area contributed by atoms with E-state index in [1.807, 2.05) is 32.0 Å². The fourth-order valence-corrected chi connectivity index (χ4v) is 4.90. The molecular formula is C28H37ClN6O4. The molecule has 1 aromatic carbocycles. The lowest BCUT2D eigenvalue weighted by Crippen LogP contribution is -2.48. The van der Waals surface area contributed by atoms with Crippen molar-refractivity contribution in [3.05, 3.63) is 45.8 Å². The number of aromatic nitrogens is 3. The molecule has 39 heavy (non-hydrogen) atoms. The molecule has 0 saturated carbocycles. The Morgan fingerprint density at radius 2 is 2.00 bits per heavy atom. The molecule has 0 spiro atoms. The van der Waals surface area contributed by atoms with Gasteiger partial charge in [0.2, 0.25) is 5.95 Å². The number of rotatable bonds is 10. The van der Waals surface area contributed by atoms with E-state index in [-0.39, 0.29) is 42.1 Å². The summed E-state index contributed by atoms with van der Waals surface area (Å²) in [5, 5.41) is 6.97. The quantitative estimate of drug-likeness (QED) is 0.370. The van der Waals surface area contributed by atoms with Gasteiger partial charge < -0.3 is 29.6 Å². The molecule has 1 unspecified atom stereocenters. The molecule has 2 N–H and O–H groups in total. The first-order chi connectivity index (χ1) is 18.7. The lowest BCUT2D eigenvalue weighted by molar-refractivity contribution is -0.122. The van der Waals surface area contributed by atoms with Gasteiger partial charge in [-0.3, -0.25) is 9.59 Å². The number of hydrogen-bond donors (Lipinski definition) is 2. The van der Waals surface area contributed by atoms with Crippen molar-refractivity contribution in [1.82, 2.24) is 19.9 Å². The normalized spacial score (nSPS) is 17.5. The van der Waals surface area contributed by atoms with Gasteiger partial charge in [0.05, 0.1) is 23.9 Å². The number of amides is 1. The lowest BCUT2D eigenvalue weighted by Gasteiger charge is -2.38. The minimum absolute atomic E-state index is 0.110. The molecule has 0 bridgehead atoms. The minimum Gasteiger partial charge on any atom is -0.478 e. The second kappa shape index (κ2) is 12.7. The van der Waals surface area contributed by atoms with Crippen molar-refractivity contribution in [2.75, 3.05) is 37.0 Å². The van der Waals surface area contributed by atoms with Crippen LogP contribution in [0.2, 0.25) is 5.02 Å². The largest absolute Gasteiger partial charge is 0.478 e. The second-order valence-corrected chi connectivity index (χ2v) is 10.4. The third-order valence-corrected chi connectivity index (χ3v) is 7.01. The molecule has 3 aromatic rings. The van der Waals surface area contributed by atoms with Crippen LogP contribution < -0.4 is 25.8 Å². The number of anilines is 3. The average Bonchev–Trinajstić information content (AvgIpc) is 2.92. The molecule has 1 saturated heterocycles. The highest BCUT2D eigenvalue weighted by Gasteiger charge is 2.28. The first-order valence-corrected chi connectivity index (χ1v) is 13.8. The topological polar surface area (TPSA) is 111 Å². The number of likely N-dealkylation sites (N-methyl/N-ethyl adjacent to an activating group) is 1. The van der Waals surface area contributed by atoms with Gasteiger partial charge in [-0.15, -0.1) is 0 Å². The Hall–Kier alpha value is -3.37. The Kier molecular flexibility index (Phi) is 9.29. The summed E-state index contributed by atoms with van der Waals surface area (Å²) in [7, 11) is 1.52. The van der Waals surface area contributed by atoms with Crippen LogP contribution in [0.5, 0.6) is 5.75 Å². The summed E-state index contributed by atoms with van der Waals surface area (Å²) < 4.78 is 13.4. The van der Waals surface area contributed by atoms with Gasteiger partial charge in [-0.1, -0.05) is 31.9 Å². The zero-order valence-electron chi connectivity index (χ0n) is 23.2. The maximum Gasteiger partial charge on any atom is 0.293 e. The molecule has 10 nitrogen and oxygen atoms in total. The van der Waals surface area contributed by atoms with Crippen LogP contribution >= 0.6 is 11.6 Å². The number of fused-ring (bicyclic) bond motifs is 1. The van der Waals surface area contributed by atoms with Gasteiger partial charge in [0.15, 0.2) is 18.2 Å². The van der Waals surface area contributed by atoms with Crippen molar-refractivity contribution in [2.24, 2.45) is 0 Å². The third-order valence-electron chi connectivity index (χ3n) is 6.73. The first-order valence-electron chi connectivity index (χ1n) is 13.5. The van der Waals surface area contributed by atoms with Crippen molar-refractivity contribution in [1.29, 1.82) is 0 Å². The lowest BCUT2D eigenvalue weighted by atomic mass is 10.1. The highest BCUT2D eigenvalue weighted by Crippen LogP contribution is 2.30. The summed E-state index contributed by atoms with van der Waals surface area (Å²) in [4.78, 5) is 36.2. The molecule has 4 rings (SSSR count). The van der Waals surface area contributed by atoms with E-state index in [4.69, 9.17) is 26.1 Å². The van der Waals surface area contributed by atoms with Crippen LogP contribution in [0.3, 0.4) is 0 Å². The Morgan fingerprint density at radius 1 is 1.23 bits per heavy atom. The van der Waals surface area contributed by atoms with E-state index in [0.717, 1.165) is 48.9 Å². The molecule has 0 aliphatic carbocycles.